The first-order valence-corrected chi connectivity index (χ1v) is 9.31. The molecular formula is C19H22N2O4S. The molecule has 138 valence electrons. The molecule has 26 heavy (non-hydrogen) atoms. The van der Waals surface area contributed by atoms with E-state index in [-0.39, 0.29) is 18.2 Å². The third-order valence-corrected chi connectivity index (χ3v) is 4.70. The maximum absolute atomic E-state index is 12.2. The Morgan fingerprint density at radius 2 is 1.88 bits per heavy atom. The van der Waals surface area contributed by atoms with Gasteiger partial charge in [-0.2, -0.15) is 11.3 Å². The van der Waals surface area contributed by atoms with E-state index in [2.05, 4.69) is 10.6 Å². The number of benzene rings is 1. The zero-order chi connectivity index (χ0) is 18.9. The minimum absolute atomic E-state index is 0.159. The lowest BCUT2D eigenvalue weighted by Gasteiger charge is -2.23. The molecule has 0 bridgehead atoms. The Morgan fingerprint density at radius 1 is 1.15 bits per heavy atom. The van der Waals surface area contributed by atoms with E-state index in [0.29, 0.717) is 18.5 Å². The average Bonchev–Trinajstić information content (AvgIpc) is 3.18. The number of carboxylic acids is 1. The van der Waals surface area contributed by atoms with E-state index in [0.717, 1.165) is 5.56 Å². The molecule has 2 amide bonds. The lowest BCUT2D eigenvalue weighted by atomic mass is 9.94. The molecule has 0 saturated heterocycles. The van der Waals surface area contributed by atoms with Gasteiger partial charge in [-0.25, -0.2) is 0 Å². The molecular weight excluding hydrogens is 352 g/mol. The second-order valence-corrected chi connectivity index (χ2v) is 6.73. The first kappa shape index (κ1) is 19.7. The second-order valence-electron chi connectivity index (χ2n) is 5.95. The van der Waals surface area contributed by atoms with E-state index >= 15 is 0 Å². The van der Waals surface area contributed by atoms with E-state index in [1.54, 1.807) is 30.5 Å². The summed E-state index contributed by atoms with van der Waals surface area (Å²) in [5.41, 5.74) is 1.36. The standard InChI is InChI=1S/C19H22N2O4S/c1-13(19(24)25)17(14-6-3-2-4-7-14)21-16(22)8-5-10-20-18(23)15-9-11-26-12-15/h2-4,6-7,9,11-13,17H,5,8,10H2,1H3,(H,20,23)(H,21,22)(H,24,25). The quantitative estimate of drug-likeness (QED) is 0.588. The number of hydrogen-bond acceptors (Lipinski definition) is 4. The van der Waals surface area contributed by atoms with Crippen molar-refractivity contribution in [3.8, 4) is 0 Å². The lowest BCUT2D eigenvalue weighted by molar-refractivity contribution is -0.142. The highest BCUT2D eigenvalue weighted by Gasteiger charge is 2.26. The molecule has 0 saturated carbocycles. The van der Waals surface area contributed by atoms with Crippen molar-refractivity contribution < 1.29 is 19.5 Å². The highest BCUT2D eigenvalue weighted by Crippen LogP contribution is 2.22. The van der Waals surface area contributed by atoms with E-state index in [4.69, 9.17) is 0 Å². The maximum Gasteiger partial charge on any atom is 0.308 e. The Morgan fingerprint density at radius 3 is 2.50 bits per heavy atom. The number of carboxylic acid groups (broad SMARTS) is 1. The maximum atomic E-state index is 12.2. The topological polar surface area (TPSA) is 95.5 Å². The predicted octanol–water partition coefficient (Wildman–Crippen LogP) is 2.84. The van der Waals surface area contributed by atoms with Crippen LogP contribution in [0.1, 0.15) is 41.7 Å². The SMILES string of the molecule is CC(C(=O)O)C(NC(=O)CCCNC(=O)c1ccsc1)c1ccccc1. The van der Waals surface area contributed by atoms with Gasteiger partial charge in [0.25, 0.3) is 5.91 Å². The van der Waals surface area contributed by atoms with Gasteiger partial charge >= 0.3 is 5.97 Å². The minimum Gasteiger partial charge on any atom is -0.481 e. The fourth-order valence-electron chi connectivity index (χ4n) is 2.49. The first-order valence-electron chi connectivity index (χ1n) is 8.36. The van der Waals surface area contributed by atoms with Crippen LogP contribution in [0.25, 0.3) is 0 Å². The molecule has 2 rings (SSSR count). The van der Waals surface area contributed by atoms with Gasteiger partial charge in [-0.1, -0.05) is 30.3 Å². The second kappa shape index (κ2) is 9.72. The molecule has 0 aliphatic carbocycles. The molecule has 0 fully saturated rings. The van der Waals surface area contributed by atoms with Crippen molar-refractivity contribution in [1.82, 2.24) is 10.6 Å². The Hall–Kier alpha value is -2.67. The summed E-state index contributed by atoms with van der Waals surface area (Å²) in [6, 6.07) is 10.2. The van der Waals surface area contributed by atoms with E-state index < -0.39 is 17.9 Å². The van der Waals surface area contributed by atoms with Crippen LogP contribution < -0.4 is 10.6 Å². The molecule has 0 aliphatic rings. The molecule has 1 heterocycles. The van der Waals surface area contributed by atoms with Crippen molar-refractivity contribution in [2.45, 2.75) is 25.8 Å². The Bertz CT molecular complexity index is 731. The van der Waals surface area contributed by atoms with Crippen molar-refractivity contribution in [2.75, 3.05) is 6.54 Å². The van der Waals surface area contributed by atoms with Gasteiger partial charge in [0.1, 0.15) is 0 Å². The van der Waals surface area contributed by atoms with Gasteiger partial charge in [-0.15, -0.1) is 0 Å². The third kappa shape index (κ3) is 5.70. The molecule has 1 aromatic carbocycles. The zero-order valence-corrected chi connectivity index (χ0v) is 15.3. The smallest absolute Gasteiger partial charge is 0.308 e. The molecule has 0 spiro atoms. The van der Waals surface area contributed by atoms with Gasteiger partial charge in [-0.05, 0) is 30.4 Å². The van der Waals surface area contributed by atoms with Crippen molar-refractivity contribution in [1.29, 1.82) is 0 Å². The summed E-state index contributed by atoms with van der Waals surface area (Å²) in [5, 5.41) is 18.4. The molecule has 2 aromatic rings. The largest absolute Gasteiger partial charge is 0.481 e. The first-order chi connectivity index (χ1) is 12.5. The number of nitrogens with one attached hydrogen (secondary N) is 2. The number of rotatable bonds is 9. The van der Waals surface area contributed by atoms with Gasteiger partial charge in [0.05, 0.1) is 12.0 Å². The van der Waals surface area contributed by atoms with Gasteiger partial charge < -0.3 is 15.7 Å². The summed E-state index contributed by atoms with van der Waals surface area (Å²) < 4.78 is 0. The molecule has 0 radical (unpaired) electrons. The van der Waals surface area contributed by atoms with Gasteiger partial charge in [-0.3, -0.25) is 14.4 Å². The van der Waals surface area contributed by atoms with Crippen LogP contribution in [-0.4, -0.2) is 29.4 Å². The average molecular weight is 374 g/mol. The molecule has 0 aliphatic heterocycles. The van der Waals surface area contributed by atoms with Crippen LogP contribution in [0.3, 0.4) is 0 Å². The number of carbonyl (C=O) groups is 3. The van der Waals surface area contributed by atoms with Gasteiger partial charge in [0.15, 0.2) is 0 Å². The van der Waals surface area contributed by atoms with Crippen LogP contribution in [0.5, 0.6) is 0 Å². The molecule has 7 heteroatoms. The monoisotopic (exact) mass is 374 g/mol. The van der Waals surface area contributed by atoms with Crippen LogP contribution in [0, 0.1) is 5.92 Å². The Labute approximate surface area is 156 Å². The highest BCUT2D eigenvalue weighted by atomic mass is 32.1. The molecule has 3 N–H and O–H groups in total. The van der Waals surface area contributed by atoms with Crippen molar-refractivity contribution in [3.05, 3.63) is 58.3 Å². The van der Waals surface area contributed by atoms with E-state index in [1.807, 2.05) is 23.6 Å². The van der Waals surface area contributed by atoms with Gasteiger partial charge in [0, 0.05) is 23.9 Å². The summed E-state index contributed by atoms with van der Waals surface area (Å²) in [5.74, 6) is -2.12. The summed E-state index contributed by atoms with van der Waals surface area (Å²) >= 11 is 1.45. The molecule has 1 aromatic heterocycles. The van der Waals surface area contributed by atoms with Crippen LogP contribution >= 0.6 is 11.3 Å². The summed E-state index contributed by atoms with van der Waals surface area (Å²) in [6.07, 6.45) is 0.685. The number of hydrogen-bond donors (Lipinski definition) is 3. The van der Waals surface area contributed by atoms with Crippen LogP contribution in [-0.2, 0) is 9.59 Å². The van der Waals surface area contributed by atoms with Crippen molar-refractivity contribution >= 4 is 29.1 Å². The number of carbonyl (C=O) groups excluding carboxylic acids is 2. The van der Waals surface area contributed by atoms with Crippen LogP contribution in [0.15, 0.2) is 47.2 Å². The summed E-state index contributed by atoms with van der Waals surface area (Å²) in [6.45, 7) is 1.95. The van der Waals surface area contributed by atoms with Crippen molar-refractivity contribution in [2.24, 2.45) is 5.92 Å². The zero-order valence-electron chi connectivity index (χ0n) is 14.5. The summed E-state index contributed by atoms with van der Waals surface area (Å²) in [7, 11) is 0. The predicted molar refractivity (Wildman–Crippen MR) is 100 cm³/mol. The fraction of sp³-hybridized carbons (Fsp3) is 0.316. The third-order valence-electron chi connectivity index (χ3n) is 4.01. The fourth-order valence-corrected chi connectivity index (χ4v) is 3.13. The summed E-state index contributed by atoms with van der Waals surface area (Å²) in [4.78, 5) is 35.4. The highest BCUT2D eigenvalue weighted by molar-refractivity contribution is 7.08. The number of aliphatic carboxylic acids is 1. The number of thiophene rings is 1. The minimum atomic E-state index is -0.970. The lowest BCUT2D eigenvalue weighted by Crippen LogP contribution is -2.36. The van der Waals surface area contributed by atoms with Crippen LogP contribution in [0.4, 0.5) is 0 Å². The van der Waals surface area contributed by atoms with Crippen molar-refractivity contribution in [3.63, 3.8) is 0 Å². The molecule has 2 unspecified atom stereocenters. The van der Waals surface area contributed by atoms with E-state index in [1.165, 1.54) is 11.3 Å². The normalized spacial score (nSPS) is 12.8. The number of amides is 2. The molecule has 6 nitrogen and oxygen atoms in total. The van der Waals surface area contributed by atoms with Gasteiger partial charge in [0.2, 0.25) is 5.91 Å². The Kier molecular flexibility index (Phi) is 7.35. The van der Waals surface area contributed by atoms with Crippen LogP contribution in [0.2, 0.25) is 0 Å². The van der Waals surface area contributed by atoms with E-state index in [9.17, 15) is 19.5 Å². The Balaban J connectivity index is 1.83. The molecule has 2 atom stereocenters.